The zero-order valence-electron chi connectivity index (χ0n) is 23.6. The Balaban J connectivity index is 1.22. The van der Waals surface area contributed by atoms with E-state index >= 15 is 0 Å². The lowest BCUT2D eigenvalue weighted by molar-refractivity contribution is 0.111. The zero-order chi connectivity index (χ0) is 27.8. The van der Waals surface area contributed by atoms with Gasteiger partial charge in [0.2, 0.25) is 0 Å². The number of aliphatic hydroxyl groups excluding tert-OH is 1. The predicted molar refractivity (Wildman–Crippen MR) is 162 cm³/mol. The van der Waals surface area contributed by atoms with Gasteiger partial charge in [-0.1, -0.05) is 18.6 Å². The maximum Gasteiger partial charge on any atom is 0.260 e. The van der Waals surface area contributed by atoms with Crippen molar-refractivity contribution in [2.45, 2.75) is 63.6 Å². The highest BCUT2D eigenvalue weighted by Crippen LogP contribution is 2.35. The van der Waals surface area contributed by atoms with E-state index in [1.54, 1.807) is 6.33 Å². The summed E-state index contributed by atoms with van der Waals surface area (Å²) in [6.07, 6.45) is 11.8. The fourth-order valence-corrected chi connectivity index (χ4v) is 6.82. The molecule has 3 aromatic heterocycles. The van der Waals surface area contributed by atoms with Crippen LogP contribution in [0.3, 0.4) is 0 Å². The minimum Gasteiger partial charge on any atom is -0.393 e. The summed E-state index contributed by atoms with van der Waals surface area (Å²) in [7, 11) is 0. The number of aliphatic hydroxyl groups is 1. The first-order chi connectivity index (χ1) is 20.1. The number of piperazine rings is 1. The van der Waals surface area contributed by atoms with Crippen molar-refractivity contribution in [1.82, 2.24) is 24.4 Å². The molecule has 1 saturated heterocycles. The monoisotopic (exact) mass is 553 g/mol. The summed E-state index contributed by atoms with van der Waals surface area (Å²) in [5.74, 6) is 1.50. The standard InChI is InChI=1S/C32H39N7O2/c40-26-7-5-25(6-8-26)39-31-29(30(35-21-36-31)34-19-22-2-1-3-22)27-9-4-23(18-28(27)32(39)41)20-37-14-16-38(17-15-37)24-10-12-33-13-11-24/h4,9-13,18,21-22,25-26,40H,1-3,5-8,14-17,19-20H2,(H,34,35,36). The second-order valence-electron chi connectivity index (χ2n) is 12.1. The first-order valence-electron chi connectivity index (χ1n) is 15.2. The second kappa shape index (κ2) is 11.4. The van der Waals surface area contributed by atoms with Gasteiger partial charge in [0, 0.05) is 74.2 Å². The molecule has 9 nitrogen and oxygen atoms in total. The smallest absolute Gasteiger partial charge is 0.260 e. The van der Waals surface area contributed by atoms with Gasteiger partial charge in [-0.15, -0.1) is 0 Å². The molecule has 1 aliphatic heterocycles. The van der Waals surface area contributed by atoms with E-state index in [-0.39, 0.29) is 17.7 Å². The molecule has 9 heteroatoms. The molecular weight excluding hydrogens is 514 g/mol. The average Bonchev–Trinajstić information content (AvgIpc) is 2.98. The predicted octanol–water partition coefficient (Wildman–Crippen LogP) is 4.35. The minimum atomic E-state index is -0.284. The summed E-state index contributed by atoms with van der Waals surface area (Å²) in [4.78, 5) is 32.6. The first kappa shape index (κ1) is 26.3. The van der Waals surface area contributed by atoms with Gasteiger partial charge in [0.05, 0.1) is 11.5 Å². The summed E-state index contributed by atoms with van der Waals surface area (Å²) < 4.78 is 1.91. The Hall–Kier alpha value is -3.56. The molecule has 0 unspecified atom stereocenters. The highest BCUT2D eigenvalue weighted by atomic mass is 16.3. The molecule has 2 saturated carbocycles. The molecular formula is C32H39N7O2. The van der Waals surface area contributed by atoms with Crippen molar-refractivity contribution in [3.63, 3.8) is 0 Å². The van der Waals surface area contributed by atoms with Crippen LogP contribution >= 0.6 is 0 Å². The molecule has 3 fully saturated rings. The molecule has 4 aromatic rings. The first-order valence-corrected chi connectivity index (χ1v) is 15.2. The molecule has 0 radical (unpaired) electrons. The largest absolute Gasteiger partial charge is 0.393 e. The van der Waals surface area contributed by atoms with Crippen LogP contribution in [-0.4, -0.2) is 68.4 Å². The molecule has 7 rings (SSSR count). The number of nitrogens with one attached hydrogen (secondary N) is 1. The SMILES string of the molecule is O=c1c2cc(CN3CCN(c4ccncc4)CC3)ccc2c2c(NCC3CCC3)ncnc2n1C1CCC(O)CC1. The van der Waals surface area contributed by atoms with Crippen molar-refractivity contribution in [3.05, 3.63) is 65.0 Å². The average molecular weight is 554 g/mol. The number of aromatic nitrogens is 4. The number of pyridine rings is 2. The van der Waals surface area contributed by atoms with Gasteiger partial charge in [-0.25, -0.2) is 9.97 Å². The maximum absolute atomic E-state index is 14.2. The van der Waals surface area contributed by atoms with Crippen molar-refractivity contribution < 1.29 is 5.11 Å². The van der Waals surface area contributed by atoms with E-state index in [1.165, 1.54) is 24.9 Å². The van der Waals surface area contributed by atoms with Crippen LogP contribution in [0.25, 0.3) is 21.8 Å². The Morgan fingerprint density at radius 2 is 1.68 bits per heavy atom. The third-order valence-electron chi connectivity index (χ3n) is 9.48. The fourth-order valence-electron chi connectivity index (χ4n) is 6.82. The van der Waals surface area contributed by atoms with Gasteiger partial charge in [-0.2, -0.15) is 0 Å². The maximum atomic E-state index is 14.2. The van der Waals surface area contributed by atoms with Crippen molar-refractivity contribution in [1.29, 1.82) is 0 Å². The topological polar surface area (TPSA) is 99.4 Å². The molecule has 2 N–H and O–H groups in total. The number of fused-ring (bicyclic) bond motifs is 3. The molecule has 214 valence electrons. The minimum absolute atomic E-state index is 0.0156. The number of rotatable bonds is 7. The second-order valence-corrected chi connectivity index (χ2v) is 12.1. The summed E-state index contributed by atoms with van der Waals surface area (Å²) in [5, 5.41) is 16.4. The van der Waals surface area contributed by atoms with Crippen molar-refractivity contribution in [3.8, 4) is 0 Å². The molecule has 2 aliphatic carbocycles. The van der Waals surface area contributed by atoms with Crippen LogP contribution in [0.15, 0.2) is 53.8 Å². The van der Waals surface area contributed by atoms with Gasteiger partial charge in [0.1, 0.15) is 17.8 Å². The van der Waals surface area contributed by atoms with Crippen LogP contribution in [-0.2, 0) is 6.54 Å². The van der Waals surface area contributed by atoms with Crippen LogP contribution in [0.5, 0.6) is 0 Å². The fraction of sp³-hybridized carbons (Fsp3) is 0.500. The molecule has 0 atom stereocenters. The van der Waals surface area contributed by atoms with Crippen molar-refractivity contribution in [2.24, 2.45) is 5.92 Å². The normalized spacial score (nSPS) is 22.2. The summed E-state index contributed by atoms with van der Waals surface area (Å²) in [6.45, 7) is 5.58. The van der Waals surface area contributed by atoms with Crippen LogP contribution < -0.4 is 15.8 Å². The van der Waals surface area contributed by atoms with Gasteiger partial charge in [-0.3, -0.25) is 19.2 Å². The van der Waals surface area contributed by atoms with Gasteiger partial charge in [0.15, 0.2) is 0 Å². The van der Waals surface area contributed by atoms with Crippen LogP contribution in [0.2, 0.25) is 0 Å². The highest BCUT2D eigenvalue weighted by Gasteiger charge is 2.27. The summed E-state index contributed by atoms with van der Waals surface area (Å²) in [5.41, 5.74) is 3.09. The van der Waals surface area contributed by atoms with Crippen molar-refractivity contribution in [2.75, 3.05) is 42.9 Å². The Morgan fingerprint density at radius 1 is 0.902 bits per heavy atom. The van der Waals surface area contributed by atoms with Gasteiger partial charge >= 0.3 is 0 Å². The number of hydrogen-bond donors (Lipinski definition) is 2. The number of nitrogens with zero attached hydrogens (tertiary/aromatic N) is 6. The van der Waals surface area contributed by atoms with E-state index < -0.39 is 0 Å². The molecule has 0 bridgehead atoms. The molecule has 41 heavy (non-hydrogen) atoms. The summed E-state index contributed by atoms with van der Waals surface area (Å²) >= 11 is 0. The third kappa shape index (κ3) is 5.28. The third-order valence-corrected chi connectivity index (χ3v) is 9.48. The summed E-state index contributed by atoms with van der Waals surface area (Å²) in [6, 6.07) is 10.5. The van der Waals surface area contributed by atoms with E-state index in [2.05, 4.69) is 60.4 Å². The van der Waals surface area contributed by atoms with Crippen LogP contribution in [0, 0.1) is 5.92 Å². The Morgan fingerprint density at radius 3 is 2.41 bits per heavy atom. The van der Waals surface area contributed by atoms with E-state index in [9.17, 15) is 9.90 Å². The van der Waals surface area contributed by atoms with E-state index in [0.717, 1.165) is 79.7 Å². The molecule has 0 spiro atoms. The van der Waals surface area contributed by atoms with Crippen molar-refractivity contribution >= 4 is 33.3 Å². The zero-order valence-corrected chi connectivity index (χ0v) is 23.6. The molecule has 0 amide bonds. The highest BCUT2D eigenvalue weighted by molar-refractivity contribution is 6.09. The quantitative estimate of drug-likeness (QED) is 0.326. The Bertz CT molecular complexity index is 1570. The Kier molecular flexibility index (Phi) is 7.31. The lowest BCUT2D eigenvalue weighted by Crippen LogP contribution is -2.45. The molecule has 4 heterocycles. The lowest BCUT2D eigenvalue weighted by Gasteiger charge is -2.36. The van der Waals surface area contributed by atoms with Gasteiger partial charge in [-0.05, 0) is 68.2 Å². The number of hydrogen-bond acceptors (Lipinski definition) is 8. The van der Waals surface area contributed by atoms with E-state index in [4.69, 9.17) is 0 Å². The number of benzene rings is 1. The Labute approximate surface area is 240 Å². The lowest BCUT2D eigenvalue weighted by atomic mass is 9.85. The van der Waals surface area contributed by atoms with E-state index in [1.807, 2.05) is 17.0 Å². The molecule has 1 aromatic carbocycles. The van der Waals surface area contributed by atoms with Crippen LogP contribution in [0.1, 0.15) is 56.6 Å². The van der Waals surface area contributed by atoms with Gasteiger partial charge in [0.25, 0.3) is 5.56 Å². The molecule has 3 aliphatic rings. The van der Waals surface area contributed by atoms with E-state index in [0.29, 0.717) is 24.4 Å². The number of anilines is 2. The van der Waals surface area contributed by atoms with Crippen LogP contribution in [0.4, 0.5) is 11.5 Å². The van der Waals surface area contributed by atoms with Gasteiger partial charge < -0.3 is 15.3 Å².